The van der Waals surface area contributed by atoms with Gasteiger partial charge in [-0.05, 0) is 12.5 Å². The lowest BCUT2D eigenvalue weighted by Crippen LogP contribution is -2.05. The molecule has 108 valence electrons. The molecule has 0 radical (unpaired) electrons. The summed E-state index contributed by atoms with van der Waals surface area (Å²) in [7, 11) is 1.34. The molecule has 0 aliphatic heterocycles. The Labute approximate surface area is 120 Å². The van der Waals surface area contributed by atoms with Gasteiger partial charge < -0.3 is 14.1 Å². The quantitative estimate of drug-likeness (QED) is 0.593. The Morgan fingerprint density at radius 2 is 2.10 bits per heavy atom. The molecular formula is C16H15NO4. The number of carbonyl (C=O) groups is 1. The van der Waals surface area contributed by atoms with Crippen molar-refractivity contribution in [3.8, 4) is 0 Å². The number of ether oxygens (including phenoxy) is 1. The monoisotopic (exact) mass is 285 g/mol. The van der Waals surface area contributed by atoms with E-state index in [1.54, 1.807) is 12.1 Å². The molecule has 5 nitrogen and oxygen atoms in total. The third-order valence-electron chi connectivity index (χ3n) is 3.53. The van der Waals surface area contributed by atoms with Gasteiger partial charge >= 0.3 is 11.6 Å². The van der Waals surface area contributed by atoms with Crippen molar-refractivity contribution in [2.24, 2.45) is 0 Å². The summed E-state index contributed by atoms with van der Waals surface area (Å²) in [5.41, 5.74) is 1.44. The Balaban J connectivity index is 2.52. The molecule has 21 heavy (non-hydrogen) atoms. The molecular weight excluding hydrogens is 270 g/mol. The van der Waals surface area contributed by atoms with E-state index in [1.165, 1.54) is 7.11 Å². The van der Waals surface area contributed by atoms with Gasteiger partial charge in [-0.25, -0.2) is 9.59 Å². The fourth-order valence-corrected chi connectivity index (χ4v) is 2.65. The zero-order chi connectivity index (χ0) is 15.0. The summed E-state index contributed by atoms with van der Waals surface area (Å²) >= 11 is 0. The van der Waals surface area contributed by atoms with E-state index < -0.39 is 11.6 Å². The predicted octanol–water partition coefficient (Wildman–Crippen LogP) is 3.01. The Morgan fingerprint density at radius 3 is 2.81 bits per heavy atom. The van der Waals surface area contributed by atoms with Crippen molar-refractivity contribution in [3.63, 3.8) is 0 Å². The van der Waals surface area contributed by atoms with Crippen molar-refractivity contribution in [1.29, 1.82) is 0 Å². The topological polar surface area (TPSA) is 72.3 Å². The van der Waals surface area contributed by atoms with Gasteiger partial charge in [-0.3, -0.25) is 0 Å². The van der Waals surface area contributed by atoms with E-state index in [0.29, 0.717) is 34.2 Å². The highest BCUT2D eigenvalue weighted by molar-refractivity contribution is 6.15. The van der Waals surface area contributed by atoms with Crippen LogP contribution in [0.4, 0.5) is 0 Å². The van der Waals surface area contributed by atoms with Crippen molar-refractivity contribution in [2.45, 2.75) is 19.8 Å². The minimum Gasteiger partial charge on any atom is -0.465 e. The van der Waals surface area contributed by atoms with Gasteiger partial charge in [0.05, 0.1) is 12.7 Å². The van der Waals surface area contributed by atoms with Gasteiger partial charge in [-0.1, -0.05) is 31.5 Å². The molecule has 0 bridgehead atoms. The van der Waals surface area contributed by atoms with E-state index >= 15 is 0 Å². The first-order chi connectivity index (χ1) is 10.2. The molecule has 0 fully saturated rings. The molecule has 0 aliphatic rings. The molecule has 2 heterocycles. The molecule has 2 aromatic heterocycles. The molecule has 0 saturated carbocycles. The number of nitrogens with one attached hydrogen (secondary N) is 1. The second-order valence-corrected chi connectivity index (χ2v) is 4.86. The number of benzene rings is 1. The van der Waals surface area contributed by atoms with Crippen molar-refractivity contribution in [3.05, 3.63) is 45.9 Å². The number of carbonyl (C=O) groups excluding carboxylic acids is 1. The SMILES string of the molecule is CCCc1[nH]c2c(=O)oc3ccccc3c2c1C(=O)OC. The summed E-state index contributed by atoms with van der Waals surface area (Å²) < 4.78 is 10.2. The number of methoxy groups -OCH3 is 1. The number of aromatic amines is 1. The largest absolute Gasteiger partial charge is 0.465 e. The molecule has 1 N–H and O–H groups in total. The lowest BCUT2D eigenvalue weighted by atomic mass is 10.1. The number of fused-ring (bicyclic) bond motifs is 3. The van der Waals surface area contributed by atoms with Crippen LogP contribution in [0.25, 0.3) is 21.9 Å². The van der Waals surface area contributed by atoms with Crippen LogP contribution >= 0.6 is 0 Å². The maximum absolute atomic E-state index is 12.2. The Kier molecular flexibility index (Phi) is 3.25. The number of esters is 1. The first kappa shape index (κ1) is 13.4. The van der Waals surface area contributed by atoms with Crippen molar-refractivity contribution >= 4 is 27.8 Å². The number of aromatic nitrogens is 1. The third kappa shape index (κ3) is 2.01. The third-order valence-corrected chi connectivity index (χ3v) is 3.53. The van der Waals surface area contributed by atoms with E-state index in [2.05, 4.69) is 4.98 Å². The van der Waals surface area contributed by atoms with Crippen LogP contribution in [-0.4, -0.2) is 18.1 Å². The maximum Gasteiger partial charge on any atom is 0.360 e. The van der Waals surface area contributed by atoms with Gasteiger partial charge in [0.2, 0.25) is 0 Å². The van der Waals surface area contributed by atoms with Crippen LogP contribution in [0.1, 0.15) is 29.4 Å². The highest BCUT2D eigenvalue weighted by Gasteiger charge is 2.23. The molecule has 0 unspecified atom stereocenters. The summed E-state index contributed by atoms with van der Waals surface area (Å²) in [6, 6.07) is 7.17. The molecule has 5 heteroatoms. The Hall–Kier alpha value is -2.56. The van der Waals surface area contributed by atoms with Crippen molar-refractivity contribution in [2.75, 3.05) is 7.11 Å². The van der Waals surface area contributed by atoms with Gasteiger partial charge in [-0.15, -0.1) is 0 Å². The minimum atomic E-state index is -0.476. The zero-order valence-electron chi connectivity index (χ0n) is 11.9. The number of para-hydroxylation sites is 1. The van der Waals surface area contributed by atoms with Crippen LogP contribution < -0.4 is 5.63 Å². The van der Waals surface area contributed by atoms with E-state index in [1.807, 2.05) is 19.1 Å². The van der Waals surface area contributed by atoms with Crippen molar-refractivity contribution < 1.29 is 13.9 Å². The van der Waals surface area contributed by atoms with Crippen LogP contribution in [0.15, 0.2) is 33.5 Å². The lowest BCUT2D eigenvalue weighted by molar-refractivity contribution is 0.0602. The number of H-pyrrole nitrogens is 1. The predicted molar refractivity (Wildman–Crippen MR) is 79.7 cm³/mol. The van der Waals surface area contributed by atoms with Gasteiger partial charge in [0.25, 0.3) is 0 Å². The molecule has 0 aliphatic carbocycles. The van der Waals surface area contributed by atoms with Gasteiger partial charge in [0, 0.05) is 16.5 Å². The average molecular weight is 285 g/mol. The van der Waals surface area contributed by atoms with Gasteiger partial charge in [0.15, 0.2) is 0 Å². The second kappa shape index (κ2) is 5.09. The van der Waals surface area contributed by atoms with Crippen LogP contribution in [0.2, 0.25) is 0 Å². The molecule has 0 amide bonds. The molecule has 3 aromatic rings. The summed E-state index contributed by atoms with van der Waals surface area (Å²) in [4.78, 5) is 27.3. The molecule has 0 atom stereocenters. The van der Waals surface area contributed by atoms with Crippen LogP contribution in [0.3, 0.4) is 0 Å². The Bertz CT molecular complexity index is 888. The number of hydrogen-bond acceptors (Lipinski definition) is 4. The zero-order valence-corrected chi connectivity index (χ0v) is 11.9. The number of aryl methyl sites for hydroxylation is 1. The number of rotatable bonds is 3. The normalized spacial score (nSPS) is 11.1. The first-order valence-corrected chi connectivity index (χ1v) is 6.82. The van der Waals surface area contributed by atoms with E-state index in [4.69, 9.17) is 9.15 Å². The smallest absolute Gasteiger partial charge is 0.360 e. The maximum atomic E-state index is 12.2. The van der Waals surface area contributed by atoms with Crippen LogP contribution in [-0.2, 0) is 11.2 Å². The summed E-state index contributed by atoms with van der Waals surface area (Å²) in [6.07, 6.45) is 1.51. The van der Waals surface area contributed by atoms with Gasteiger partial charge in [-0.2, -0.15) is 0 Å². The summed E-state index contributed by atoms with van der Waals surface area (Å²) in [6.45, 7) is 2.01. The fourth-order valence-electron chi connectivity index (χ4n) is 2.65. The number of hydrogen-bond donors (Lipinski definition) is 1. The standard InChI is InChI=1S/C16H15NO4/c1-3-6-10-13(15(18)20-2)12-9-7-4-5-8-11(9)21-16(19)14(12)17-10/h4-5,7-8,17H,3,6H2,1-2H3. The summed E-state index contributed by atoms with van der Waals surface area (Å²) in [5, 5.41) is 1.31. The molecule has 0 spiro atoms. The van der Waals surface area contributed by atoms with Crippen LogP contribution in [0.5, 0.6) is 0 Å². The Morgan fingerprint density at radius 1 is 1.33 bits per heavy atom. The highest BCUT2D eigenvalue weighted by atomic mass is 16.5. The first-order valence-electron chi connectivity index (χ1n) is 6.82. The average Bonchev–Trinajstić information content (AvgIpc) is 2.87. The molecule has 3 rings (SSSR count). The van der Waals surface area contributed by atoms with Crippen molar-refractivity contribution in [1.82, 2.24) is 4.98 Å². The summed E-state index contributed by atoms with van der Waals surface area (Å²) in [5.74, 6) is -0.444. The van der Waals surface area contributed by atoms with Crippen LogP contribution in [0, 0.1) is 0 Å². The molecule has 1 aromatic carbocycles. The van der Waals surface area contributed by atoms with Gasteiger partial charge in [0.1, 0.15) is 11.1 Å². The minimum absolute atomic E-state index is 0.317. The lowest BCUT2D eigenvalue weighted by Gasteiger charge is -2.03. The second-order valence-electron chi connectivity index (χ2n) is 4.86. The van der Waals surface area contributed by atoms with E-state index in [9.17, 15) is 9.59 Å². The molecule has 0 saturated heterocycles. The van der Waals surface area contributed by atoms with E-state index in [0.717, 1.165) is 11.8 Å². The van der Waals surface area contributed by atoms with E-state index in [-0.39, 0.29) is 0 Å². The fraction of sp³-hybridized carbons (Fsp3) is 0.250. The highest BCUT2D eigenvalue weighted by Crippen LogP contribution is 2.29.